The van der Waals surface area contributed by atoms with Crippen molar-refractivity contribution >= 4 is 5.91 Å². The normalized spacial score (nSPS) is 27.0. The summed E-state index contributed by atoms with van der Waals surface area (Å²) in [7, 11) is 0. The summed E-state index contributed by atoms with van der Waals surface area (Å²) < 4.78 is 11.0. The van der Waals surface area contributed by atoms with Gasteiger partial charge in [-0.25, -0.2) is 0 Å². The van der Waals surface area contributed by atoms with Crippen LogP contribution >= 0.6 is 0 Å². The lowest BCUT2D eigenvalue weighted by molar-refractivity contribution is -0.123. The third-order valence-corrected chi connectivity index (χ3v) is 6.75. The topological polar surface area (TPSA) is 79.6 Å². The Bertz CT molecular complexity index is 638. The number of piperidine rings is 1. The lowest BCUT2D eigenvalue weighted by atomic mass is 9.81. The van der Waals surface area contributed by atoms with Crippen molar-refractivity contribution in [2.24, 2.45) is 11.8 Å². The third kappa shape index (κ3) is 6.27. The Morgan fingerprint density at radius 3 is 2.83 bits per heavy atom. The molecule has 2 atom stereocenters. The molecular weight excluding hydrogens is 368 g/mol. The Hall–Kier alpha value is -1.44. The molecule has 1 amide bonds. The summed E-state index contributed by atoms with van der Waals surface area (Å²) in [6.45, 7) is 6.22. The Kier molecular flexibility index (Phi) is 7.57. The van der Waals surface area contributed by atoms with Gasteiger partial charge in [-0.1, -0.05) is 24.4 Å². The van der Waals surface area contributed by atoms with Crippen LogP contribution in [0.25, 0.3) is 0 Å². The molecule has 2 N–H and O–H groups in total. The number of ether oxygens (including phenoxy) is 1. The van der Waals surface area contributed by atoms with E-state index in [1.807, 2.05) is 0 Å². The van der Waals surface area contributed by atoms with Crippen LogP contribution in [0, 0.1) is 11.8 Å². The maximum atomic E-state index is 12.6. The van der Waals surface area contributed by atoms with Gasteiger partial charge in [-0.2, -0.15) is 0 Å². The molecule has 2 saturated heterocycles. The van der Waals surface area contributed by atoms with E-state index < -0.39 is 0 Å². The molecule has 3 aliphatic rings. The number of amides is 1. The lowest BCUT2D eigenvalue weighted by Gasteiger charge is -2.32. The fourth-order valence-corrected chi connectivity index (χ4v) is 5.03. The van der Waals surface area contributed by atoms with Crippen molar-refractivity contribution in [2.75, 3.05) is 39.4 Å². The van der Waals surface area contributed by atoms with Gasteiger partial charge in [0.25, 0.3) is 0 Å². The zero-order valence-electron chi connectivity index (χ0n) is 17.5. The van der Waals surface area contributed by atoms with Crippen LogP contribution in [-0.4, -0.2) is 61.4 Å². The maximum absolute atomic E-state index is 12.6. The Balaban J connectivity index is 1.27. The molecule has 2 aliphatic heterocycles. The molecule has 1 aliphatic carbocycles. The van der Waals surface area contributed by atoms with Crippen molar-refractivity contribution in [2.45, 2.75) is 64.0 Å². The molecule has 7 heteroatoms. The Labute approximate surface area is 173 Å². The van der Waals surface area contributed by atoms with E-state index in [1.54, 1.807) is 0 Å². The van der Waals surface area contributed by atoms with E-state index in [1.165, 1.54) is 19.3 Å². The van der Waals surface area contributed by atoms with Gasteiger partial charge in [0.1, 0.15) is 0 Å². The van der Waals surface area contributed by atoms with Gasteiger partial charge < -0.3 is 19.9 Å². The van der Waals surface area contributed by atoms with Gasteiger partial charge in [0.15, 0.2) is 5.76 Å². The van der Waals surface area contributed by atoms with Gasteiger partial charge in [0, 0.05) is 31.6 Å². The SMILES string of the molecule is O=C(C[C@@H]1CCNC[C@H]1Cc1cc(CN2CCOCC2)on1)NC1CCCCC1. The molecule has 0 spiro atoms. The quantitative estimate of drug-likeness (QED) is 0.725. The summed E-state index contributed by atoms with van der Waals surface area (Å²) >= 11 is 0. The third-order valence-electron chi connectivity index (χ3n) is 6.75. The smallest absolute Gasteiger partial charge is 0.220 e. The Morgan fingerprint density at radius 2 is 2.00 bits per heavy atom. The van der Waals surface area contributed by atoms with Crippen molar-refractivity contribution in [3.05, 3.63) is 17.5 Å². The second-order valence-corrected chi connectivity index (χ2v) is 9.00. The van der Waals surface area contributed by atoms with Crippen LogP contribution in [0.4, 0.5) is 0 Å². The first-order chi connectivity index (χ1) is 14.3. The number of aromatic nitrogens is 1. The second kappa shape index (κ2) is 10.5. The zero-order chi connectivity index (χ0) is 19.9. The summed E-state index contributed by atoms with van der Waals surface area (Å²) in [6.07, 6.45) is 8.68. The van der Waals surface area contributed by atoms with E-state index >= 15 is 0 Å². The maximum Gasteiger partial charge on any atom is 0.220 e. The molecule has 0 aromatic carbocycles. The van der Waals surface area contributed by atoms with Crippen LogP contribution in [0.2, 0.25) is 0 Å². The average molecular weight is 405 g/mol. The first kappa shape index (κ1) is 20.8. The van der Waals surface area contributed by atoms with Crippen LogP contribution in [0.15, 0.2) is 10.6 Å². The number of nitrogens with one attached hydrogen (secondary N) is 2. The molecule has 1 aromatic heterocycles. The number of hydrogen-bond donors (Lipinski definition) is 2. The predicted octanol–water partition coefficient (Wildman–Crippen LogP) is 2.11. The number of carbonyl (C=O) groups excluding carboxylic acids is 1. The highest BCUT2D eigenvalue weighted by Crippen LogP contribution is 2.27. The van der Waals surface area contributed by atoms with Crippen LogP contribution in [0.1, 0.15) is 56.4 Å². The fourth-order valence-electron chi connectivity index (χ4n) is 5.03. The molecule has 29 heavy (non-hydrogen) atoms. The molecule has 1 aromatic rings. The largest absolute Gasteiger partial charge is 0.379 e. The summed E-state index contributed by atoms with van der Waals surface area (Å²) in [5.74, 6) is 2.01. The molecular formula is C22H36N4O3. The van der Waals surface area contributed by atoms with Crippen molar-refractivity contribution < 1.29 is 14.1 Å². The van der Waals surface area contributed by atoms with Gasteiger partial charge in [-0.05, 0) is 50.6 Å². The minimum Gasteiger partial charge on any atom is -0.379 e. The summed E-state index contributed by atoms with van der Waals surface area (Å²) in [6, 6.07) is 2.50. The average Bonchev–Trinajstić information content (AvgIpc) is 3.18. The van der Waals surface area contributed by atoms with Crippen molar-refractivity contribution in [3.63, 3.8) is 0 Å². The van der Waals surface area contributed by atoms with Gasteiger partial charge in [-0.15, -0.1) is 0 Å². The van der Waals surface area contributed by atoms with Crippen LogP contribution in [-0.2, 0) is 22.5 Å². The molecule has 0 unspecified atom stereocenters. The van der Waals surface area contributed by atoms with Gasteiger partial charge in [-0.3, -0.25) is 9.69 Å². The molecule has 3 fully saturated rings. The van der Waals surface area contributed by atoms with E-state index in [9.17, 15) is 4.79 Å². The highest BCUT2D eigenvalue weighted by Gasteiger charge is 2.29. The summed E-state index contributed by atoms with van der Waals surface area (Å²) in [4.78, 5) is 15.0. The molecule has 4 rings (SSSR count). The number of nitrogens with zero attached hydrogens (tertiary/aromatic N) is 2. The minimum absolute atomic E-state index is 0.238. The fraction of sp³-hybridized carbons (Fsp3) is 0.818. The monoisotopic (exact) mass is 404 g/mol. The predicted molar refractivity (Wildman–Crippen MR) is 110 cm³/mol. The lowest BCUT2D eigenvalue weighted by Crippen LogP contribution is -2.42. The highest BCUT2D eigenvalue weighted by atomic mass is 16.5. The van der Waals surface area contributed by atoms with E-state index in [0.29, 0.717) is 24.3 Å². The van der Waals surface area contributed by atoms with E-state index in [-0.39, 0.29) is 5.91 Å². The molecule has 0 bridgehead atoms. The summed E-state index contributed by atoms with van der Waals surface area (Å²) in [5, 5.41) is 11.1. The number of rotatable bonds is 7. The Morgan fingerprint density at radius 1 is 1.17 bits per heavy atom. The van der Waals surface area contributed by atoms with Gasteiger partial charge >= 0.3 is 0 Å². The molecule has 162 valence electrons. The zero-order valence-corrected chi connectivity index (χ0v) is 17.5. The second-order valence-electron chi connectivity index (χ2n) is 9.00. The standard InChI is InChI=1S/C22H36N4O3/c27-22(24-19-4-2-1-3-5-19)13-17-6-7-23-15-18(17)12-20-14-21(29-25-20)16-26-8-10-28-11-9-26/h14,17-19,23H,1-13,15-16H2,(H,24,27)/t17-,18+/m0/s1. The first-order valence-electron chi connectivity index (χ1n) is 11.5. The first-order valence-corrected chi connectivity index (χ1v) is 11.5. The van der Waals surface area contributed by atoms with Crippen LogP contribution in [0.3, 0.4) is 0 Å². The van der Waals surface area contributed by atoms with Crippen LogP contribution < -0.4 is 10.6 Å². The van der Waals surface area contributed by atoms with E-state index in [0.717, 1.165) is 83.1 Å². The molecule has 7 nitrogen and oxygen atoms in total. The minimum atomic E-state index is 0.238. The number of hydrogen-bond acceptors (Lipinski definition) is 6. The van der Waals surface area contributed by atoms with Gasteiger partial charge in [0.05, 0.1) is 25.5 Å². The van der Waals surface area contributed by atoms with Gasteiger partial charge in [0.2, 0.25) is 5.91 Å². The highest BCUT2D eigenvalue weighted by molar-refractivity contribution is 5.76. The summed E-state index contributed by atoms with van der Waals surface area (Å²) in [5.41, 5.74) is 1.01. The van der Waals surface area contributed by atoms with Crippen molar-refractivity contribution in [3.8, 4) is 0 Å². The van der Waals surface area contributed by atoms with E-state index in [2.05, 4.69) is 26.8 Å². The molecule has 3 heterocycles. The van der Waals surface area contributed by atoms with E-state index in [4.69, 9.17) is 9.26 Å². The molecule has 0 radical (unpaired) electrons. The number of carbonyl (C=O) groups is 1. The molecule has 1 saturated carbocycles. The number of morpholine rings is 1. The van der Waals surface area contributed by atoms with Crippen molar-refractivity contribution in [1.82, 2.24) is 20.7 Å². The van der Waals surface area contributed by atoms with Crippen LogP contribution in [0.5, 0.6) is 0 Å². The van der Waals surface area contributed by atoms with Crippen molar-refractivity contribution in [1.29, 1.82) is 0 Å².